The van der Waals surface area contributed by atoms with Gasteiger partial charge in [-0.3, -0.25) is 14.5 Å². The van der Waals surface area contributed by atoms with Crippen LogP contribution in [0.25, 0.3) is 38.8 Å². The lowest BCUT2D eigenvalue weighted by Crippen LogP contribution is -2.23. The fourth-order valence-corrected chi connectivity index (χ4v) is 4.79. The van der Waals surface area contributed by atoms with Gasteiger partial charge in [-0.2, -0.15) is 10.5 Å². The third-order valence-corrected chi connectivity index (χ3v) is 6.98. The van der Waals surface area contributed by atoms with Gasteiger partial charge in [-0.25, -0.2) is 0 Å². The largest absolute Gasteiger partial charge is 0.493 e. The number of nitriles is 2. The zero-order valence-electron chi connectivity index (χ0n) is 23.1. The summed E-state index contributed by atoms with van der Waals surface area (Å²) in [5.74, 6) is 1.60. The van der Waals surface area contributed by atoms with Gasteiger partial charge in [0.05, 0.1) is 73.1 Å². The SMILES string of the molecule is COc1cc(-c2ccc3ncc4c(c3c2)n(-c2ccc(C(C)(C)C#N)nc2)/c(=N\C#N)n4C)cc(OC)c1OC. The van der Waals surface area contributed by atoms with Gasteiger partial charge in [0.2, 0.25) is 17.6 Å². The first-order valence-corrected chi connectivity index (χ1v) is 12.4. The first kappa shape index (κ1) is 26.3. The maximum Gasteiger partial charge on any atom is 0.226 e. The first-order valence-electron chi connectivity index (χ1n) is 12.4. The number of fused-ring (bicyclic) bond motifs is 3. The minimum Gasteiger partial charge on any atom is -0.493 e. The van der Waals surface area contributed by atoms with E-state index in [-0.39, 0.29) is 0 Å². The third kappa shape index (κ3) is 4.16. The van der Waals surface area contributed by atoms with Crippen LogP contribution in [0.15, 0.2) is 59.9 Å². The summed E-state index contributed by atoms with van der Waals surface area (Å²) in [4.78, 5) is 13.4. The Bertz CT molecular complexity index is 1900. The average Bonchev–Trinajstić information content (AvgIpc) is 3.27. The summed E-state index contributed by atoms with van der Waals surface area (Å²) in [6.45, 7) is 3.64. The Morgan fingerprint density at radius 3 is 2.17 bits per heavy atom. The first-order chi connectivity index (χ1) is 19.3. The maximum atomic E-state index is 9.55. The Morgan fingerprint density at radius 1 is 0.875 bits per heavy atom. The van der Waals surface area contributed by atoms with Gasteiger partial charge in [-0.1, -0.05) is 6.07 Å². The molecule has 0 saturated carbocycles. The highest BCUT2D eigenvalue weighted by molar-refractivity contribution is 6.04. The van der Waals surface area contributed by atoms with Crippen molar-refractivity contribution in [2.45, 2.75) is 19.3 Å². The Kier molecular flexibility index (Phi) is 6.62. The Hall–Kier alpha value is -5.35. The summed E-state index contributed by atoms with van der Waals surface area (Å²) in [5, 5.41) is 19.9. The molecule has 0 atom stereocenters. The van der Waals surface area contributed by atoms with E-state index in [9.17, 15) is 10.5 Å². The van der Waals surface area contributed by atoms with E-state index in [0.717, 1.165) is 33.1 Å². The normalized spacial score (nSPS) is 11.8. The molecule has 0 bridgehead atoms. The van der Waals surface area contributed by atoms with Crippen LogP contribution in [0.1, 0.15) is 19.5 Å². The molecule has 3 heterocycles. The van der Waals surface area contributed by atoms with Crippen molar-refractivity contribution < 1.29 is 14.2 Å². The average molecular weight is 534 g/mol. The number of imidazole rings is 1. The van der Waals surface area contributed by atoms with E-state index in [2.05, 4.69) is 21.0 Å². The molecule has 10 nitrogen and oxygen atoms in total. The number of benzene rings is 2. The highest BCUT2D eigenvalue weighted by Crippen LogP contribution is 2.42. The second-order valence-electron chi connectivity index (χ2n) is 9.68. The van der Waals surface area contributed by atoms with Gasteiger partial charge in [-0.15, -0.1) is 4.99 Å². The lowest BCUT2D eigenvalue weighted by atomic mass is 9.91. The summed E-state index contributed by atoms with van der Waals surface area (Å²) in [5.41, 5.74) is 5.14. The molecular formula is C30H27N7O3. The van der Waals surface area contributed by atoms with Crippen LogP contribution in [0.2, 0.25) is 0 Å². The Balaban J connectivity index is 1.82. The molecule has 3 aromatic heterocycles. The Morgan fingerprint density at radius 2 is 1.60 bits per heavy atom. The molecule has 0 fully saturated rings. The Labute approximate surface area is 231 Å². The number of aromatic nitrogens is 4. The van der Waals surface area contributed by atoms with Crippen LogP contribution in [0.3, 0.4) is 0 Å². The number of hydrogen-bond acceptors (Lipinski definition) is 8. The second-order valence-corrected chi connectivity index (χ2v) is 9.68. The van der Waals surface area contributed by atoms with Crippen LogP contribution >= 0.6 is 0 Å². The van der Waals surface area contributed by atoms with Crippen LogP contribution in [0.4, 0.5) is 0 Å². The van der Waals surface area contributed by atoms with Gasteiger partial charge < -0.3 is 18.8 Å². The quantitative estimate of drug-likeness (QED) is 0.288. The molecular weight excluding hydrogens is 506 g/mol. The molecule has 2 aromatic carbocycles. The highest BCUT2D eigenvalue weighted by atomic mass is 16.5. The highest BCUT2D eigenvalue weighted by Gasteiger charge is 2.22. The van der Waals surface area contributed by atoms with Crippen molar-refractivity contribution in [1.82, 2.24) is 19.1 Å². The zero-order chi connectivity index (χ0) is 28.6. The van der Waals surface area contributed by atoms with Gasteiger partial charge >= 0.3 is 0 Å². The molecule has 0 unspecified atom stereocenters. The van der Waals surface area contributed by atoms with Crippen LogP contribution < -0.4 is 19.8 Å². The summed E-state index contributed by atoms with van der Waals surface area (Å²) in [7, 11) is 6.57. The lowest BCUT2D eigenvalue weighted by molar-refractivity contribution is 0.324. The predicted molar refractivity (Wildman–Crippen MR) is 150 cm³/mol. The zero-order valence-corrected chi connectivity index (χ0v) is 23.1. The molecule has 5 rings (SSSR count). The number of nitrogens with zero attached hydrogens (tertiary/aromatic N) is 7. The van der Waals surface area contributed by atoms with Crippen molar-refractivity contribution in [3.63, 3.8) is 0 Å². The molecule has 10 heteroatoms. The molecule has 0 amide bonds. The van der Waals surface area contributed by atoms with Crippen molar-refractivity contribution in [1.29, 1.82) is 10.5 Å². The monoisotopic (exact) mass is 533 g/mol. The fourth-order valence-electron chi connectivity index (χ4n) is 4.79. The molecule has 0 aliphatic rings. The van der Waals surface area contributed by atoms with Crippen LogP contribution in [-0.4, -0.2) is 40.4 Å². The molecule has 0 spiro atoms. The number of methoxy groups -OCH3 is 3. The summed E-state index contributed by atoms with van der Waals surface area (Å²) < 4.78 is 20.3. The van der Waals surface area contributed by atoms with Gasteiger partial charge in [0, 0.05) is 12.4 Å². The number of rotatable bonds is 6. The number of aryl methyl sites for hydroxylation is 1. The molecule has 40 heavy (non-hydrogen) atoms. The fraction of sp³-hybridized carbons (Fsp3) is 0.233. The summed E-state index contributed by atoms with van der Waals surface area (Å²) >= 11 is 0. The van der Waals surface area contributed by atoms with E-state index in [1.165, 1.54) is 0 Å². The number of pyridine rings is 2. The minimum atomic E-state index is -0.742. The van der Waals surface area contributed by atoms with E-state index in [4.69, 9.17) is 14.2 Å². The van der Waals surface area contributed by atoms with Crippen molar-refractivity contribution in [2.24, 2.45) is 12.0 Å². The molecule has 0 N–H and O–H groups in total. The number of hydrogen-bond donors (Lipinski definition) is 0. The molecule has 200 valence electrons. The summed E-state index contributed by atoms with van der Waals surface area (Å²) in [6.07, 6.45) is 5.38. The standard InChI is InChI=1S/C30H27N7O3/c1-30(2,16-31)26-10-8-20(14-34-26)37-27-21-11-18(19-12-24(38-4)28(40-6)25(13-19)39-5)7-9-22(21)33-15-23(27)36(3)29(37)35-17-32/h7-15H,1-6H3/b35-29-. The molecule has 0 radical (unpaired) electrons. The topological polar surface area (TPSA) is 123 Å². The second kappa shape index (κ2) is 10.1. The molecule has 0 aliphatic carbocycles. The molecule has 0 saturated heterocycles. The van der Waals surface area contributed by atoms with E-state index in [1.807, 2.05) is 78.7 Å². The van der Waals surface area contributed by atoms with Crippen LogP contribution in [-0.2, 0) is 12.5 Å². The maximum absolute atomic E-state index is 9.55. The summed E-state index contributed by atoms with van der Waals surface area (Å²) in [6, 6.07) is 15.7. The molecule has 5 aromatic rings. The smallest absolute Gasteiger partial charge is 0.226 e. The van der Waals surface area contributed by atoms with Crippen LogP contribution in [0, 0.1) is 22.8 Å². The van der Waals surface area contributed by atoms with Crippen molar-refractivity contribution >= 4 is 21.9 Å². The van der Waals surface area contributed by atoms with Gasteiger partial charge in [0.15, 0.2) is 11.5 Å². The van der Waals surface area contributed by atoms with E-state index < -0.39 is 5.41 Å². The van der Waals surface area contributed by atoms with Gasteiger partial charge in [0.25, 0.3) is 0 Å². The lowest BCUT2D eigenvalue weighted by Gasteiger charge is -2.15. The number of ether oxygens (including phenoxy) is 3. The van der Waals surface area contributed by atoms with E-state index in [1.54, 1.807) is 33.7 Å². The minimum absolute atomic E-state index is 0.416. The van der Waals surface area contributed by atoms with E-state index >= 15 is 0 Å². The van der Waals surface area contributed by atoms with Gasteiger partial charge in [0.1, 0.15) is 0 Å². The van der Waals surface area contributed by atoms with Crippen molar-refractivity contribution in [3.8, 4) is 46.3 Å². The van der Waals surface area contributed by atoms with Crippen molar-refractivity contribution in [3.05, 3.63) is 66.2 Å². The third-order valence-electron chi connectivity index (χ3n) is 6.98. The van der Waals surface area contributed by atoms with Crippen LogP contribution in [0.5, 0.6) is 17.2 Å². The van der Waals surface area contributed by atoms with Gasteiger partial charge in [-0.05, 0) is 61.4 Å². The van der Waals surface area contributed by atoms with Crippen molar-refractivity contribution in [2.75, 3.05) is 21.3 Å². The van der Waals surface area contributed by atoms with E-state index in [0.29, 0.717) is 34.2 Å². The predicted octanol–water partition coefficient (Wildman–Crippen LogP) is 4.79. The molecule has 0 aliphatic heterocycles.